The van der Waals surface area contributed by atoms with Crippen molar-refractivity contribution < 1.29 is 17.9 Å². The van der Waals surface area contributed by atoms with Crippen LogP contribution in [0.1, 0.15) is 26.2 Å². The summed E-state index contributed by atoms with van der Waals surface area (Å²) in [4.78, 5) is 0. The predicted octanol–water partition coefficient (Wildman–Crippen LogP) is 0.292. The second-order valence-electron chi connectivity index (χ2n) is 4.05. The minimum atomic E-state index is -2.86. The lowest BCUT2D eigenvalue weighted by atomic mass is 10.1. The van der Waals surface area contributed by atoms with E-state index in [-0.39, 0.29) is 23.8 Å². The molecule has 5 nitrogen and oxygen atoms in total. The Kier molecular flexibility index (Phi) is 5.68. The molecule has 0 aromatic rings. The Labute approximate surface area is 97.2 Å². The highest BCUT2D eigenvalue weighted by atomic mass is 32.2. The summed E-state index contributed by atoms with van der Waals surface area (Å²) in [5, 5.41) is 0. The zero-order valence-electron chi connectivity index (χ0n) is 9.72. The van der Waals surface area contributed by atoms with Crippen LogP contribution in [-0.4, -0.2) is 45.5 Å². The van der Waals surface area contributed by atoms with Gasteiger partial charge < -0.3 is 15.2 Å². The van der Waals surface area contributed by atoms with Gasteiger partial charge in [0.25, 0.3) is 0 Å². The van der Waals surface area contributed by atoms with E-state index in [1.165, 1.54) is 0 Å². The minimum Gasteiger partial charge on any atom is -0.350 e. The lowest BCUT2D eigenvalue weighted by Gasteiger charge is -2.15. The van der Waals surface area contributed by atoms with Crippen molar-refractivity contribution in [2.75, 3.05) is 24.7 Å². The van der Waals surface area contributed by atoms with Crippen LogP contribution in [0.4, 0.5) is 0 Å². The first-order valence-corrected chi connectivity index (χ1v) is 7.55. The number of sulfone groups is 1. The van der Waals surface area contributed by atoms with Crippen LogP contribution in [0, 0.1) is 0 Å². The van der Waals surface area contributed by atoms with Gasteiger partial charge in [-0.15, -0.1) is 0 Å². The number of hydrogen-bond acceptors (Lipinski definition) is 5. The Balaban J connectivity index is 2.12. The molecule has 0 aromatic carbocycles. The second-order valence-corrected chi connectivity index (χ2v) is 6.52. The first-order chi connectivity index (χ1) is 7.53. The Morgan fingerprint density at radius 1 is 1.38 bits per heavy atom. The van der Waals surface area contributed by atoms with Crippen LogP contribution in [-0.2, 0) is 19.3 Å². The summed E-state index contributed by atoms with van der Waals surface area (Å²) >= 11 is 0. The zero-order valence-corrected chi connectivity index (χ0v) is 10.5. The van der Waals surface area contributed by atoms with Gasteiger partial charge >= 0.3 is 0 Å². The number of rotatable bonds is 7. The third-order valence-electron chi connectivity index (χ3n) is 2.66. The summed E-state index contributed by atoms with van der Waals surface area (Å²) in [5.41, 5.74) is 5.87. The van der Waals surface area contributed by atoms with Gasteiger partial charge in [0.05, 0.1) is 19.0 Å². The molecule has 0 bridgehead atoms. The Hall–Kier alpha value is -0.170. The van der Waals surface area contributed by atoms with Gasteiger partial charge in [-0.2, -0.15) is 0 Å². The molecule has 1 saturated heterocycles. The molecule has 0 radical (unpaired) electrons. The average Bonchev–Trinajstić information content (AvgIpc) is 2.70. The van der Waals surface area contributed by atoms with Crippen molar-refractivity contribution >= 4 is 9.84 Å². The molecule has 1 atom stereocenters. The molecule has 1 fully saturated rings. The third kappa shape index (κ3) is 5.25. The highest BCUT2D eigenvalue weighted by Crippen LogP contribution is 2.12. The maximum atomic E-state index is 11.2. The van der Waals surface area contributed by atoms with Gasteiger partial charge in [-0.25, -0.2) is 8.42 Å². The molecule has 2 N–H and O–H groups in total. The van der Waals surface area contributed by atoms with Crippen LogP contribution in [0.3, 0.4) is 0 Å². The molecule has 1 unspecified atom stereocenters. The fourth-order valence-electron chi connectivity index (χ4n) is 1.62. The molecule has 6 heteroatoms. The molecule has 1 aliphatic rings. The summed E-state index contributed by atoms with van der Waals surface area (Å²) in [7, 11) is -2.86. The van der Waals surface area contributed by atoms with Gasteiger partial charge in [-0.3, -0.25) is 0 Å². The monoisotopic (exact) mass is 251 g/mol. The molecule has 0 spiro atoms. The Bertz CT molecular complexity index is 285. The molecule has 0 amide bonds. The second kappa shape index (κ2) is 6.54. The highest BCUT2D eigenvalue weighted by molar-refractivity contribution is 7.91. The topological polar surface area (TPSA) is 78.6 Å². The van der Waals surface area contributed by atoms with Crippen LogP contribution in [0.2, 0.25) is 0 Å². The molecule has 1 rings (SSSR count). The summed E-state index contributed by atoms with van der Waals surface area (Å²) in [5.74, 6) is 0.431. The van der Waals surface area contributed by atoms with Gasteiger partial charge in [0.2, 0.25) is 0 Å². The zero-order chi connectivity index (χ0) is 12.0. The SMILES string of the molecule is CCS(=O)(=O)CCCC(N)CC1OCCO1. The van der Waals surface area contributed by atoms with E-state index in [0.717, 1.165) is 0 Å². The predicted molar refractivity (Wildman–Crippen MR) is 61.8 cm³/mol. The van der Waals surface area contributed by atoms with Crippen molar-refractivity contribution in [3.8, 4) is 0 Å². The van der Waals surface area contributed by atoms with E-state index in [9.17, 15) is 8.42 Å². The summed E-state index contributed by atoms with van der Waals surface area (Å²) in [6, 6.07) is -0.0462. The van der Waals surface area contributed by atoms with Crippen molar-refractivity contribution in [1.82, 2.24) is 0 Å². The first kappa shape index (κ1) is 13.9. The van der Waals surface area contributed by atoms with Gasteiger partial charge in [0.1, 0.15) is 9.84 Å². The molecular formula is C10H21NO4S. The summed E-state index contributed by atoms with van der Waals surface area (Å²) in [6.45, 7) is 2.92. The standard InChI is InChI=1S/C10H21NO4S/c1-2-16(12,13)7-3-4-9(11)8-10-14-5-6-15-10/h9-10H,2-8,11H2,1H3. The smallest absolute Gasteiger partial charge is 0.159 e. The van der Waals surface area contributed by atoms with Crippen molar-refractivity contribution in [1.29, 1.82) is 0 Å². The number of hydrogen-bond donors (Lipinski definition) is 1. The molecule has 0 saturated carbocycles. The molecule has 16 heavy (non-hydrogen) atoms. The lowest BCUT2D eigenvalue weighted by molar-refractivity contribution is -0.0509. The van der Waals surface area contributed by atoms with E-state index < -0.39 is 9.84 Å². The van der Waals surface area contributed by atoms with Crippen LogP contribution in [0.15, 0.2) is 0 Å². The van der Waals surface area contributed by atoms with Crippen molar-refractivity contribution in [3.63, 3.8) is 0 Å². The van der Waals surface area contributed by atoms with Gasteiger partial charge in [-0.05, 0) is 12.8 Å². The highest BCUT2D eigenvalue weighted by Gasteiger charge is 2.19. The fraction of sp³-hybridized carbons (Fsp3) is 1.00. The van der Waals surface area contributed by atoms with Crippen molar-refractivity contribution in [3.05, 3.63) is 0 Å². The van der Waals surface area contributed by atoms with Crippen molar-refractivity contribution in [2.45, 2.75) is 38.5 Å². The quantitative estimate of drug-likeness (QED) is 0.703. The number of nitrogens with two attached hydrogens (primary N) is 1. The molecular weight excluding hydrogens is 230 g/mol. The maximum Gasteiger partial charge on any atom is 0.159 e. The van der Waals surface area contributed by atoms with E-state index in [4.69, 9.17) is 15.2 Å². The van der Waals surface area contributed by atoms with Crippen molar-refractivity contribution in [2.24, 2.45) is 5.73 Å². The minimum absolute atomic E-state index is 0.0462. The Morgan fingerprint density at radius 3 is 2.56 bits per heavy atom. The summed E-state index contributed by atoms with van der Waals surface area (Å²) < 4.78 is 33.0. The lowest BCUT2D eigenvalue weighted by Crippen LogP contribution is -2.27. The fourth-order valence-corrected chi connectivity index (χ4v) is 2.51. The summed E-state index contributed by atoms with van der Waals surface area (Å²) in [6.07, 6.45) is 1.76. The molecule has 0 aromatic heterocycles. The normalized spacial score (nSPS) is 20.1. The first-order valence-electron chi connectivity index (χ1n) is 5.72. The molecule has 0 aliphatic carbocycles. The van der Waals surface area contributed by atoms with E-state index >= 15 is 0 Å². The Morgan fingerprint density at radius 2 is 2.00 bits per heavy atom. The van der Waals surface area contributed by atoms with Crippen LogP contribution in [0.25, 0.3) is 0 Å². The van der Waals surface area contributed by atoms with Gasteiger partial charge in [0, 0.05) is 18.2 Å². The number of ether oxygens (including phenoxy) is 2. The molecule has 1 aliphatic heterocycles. The van der Waals surface area contributed by atoms with E-state index in [1.807, 2.05) is 0 Å². The van der Waals surface area contributed by atoms with Gasteiger partial charge in [0.15, 0.2) is 6.29 Å². The van der Waals surface area contributed by atoms with Gasteiger partial charge in [-0.1, -0.05) is 6.92 Å². The largest absolute Gasteiger partial charge is 0.350 e. The maximum absolute atomic E-state index is 11.2. The van der Waals surface area contributed by atoms with Crippen LogP contribution in [0.5, 0.6) is 0 Å². The van der Waals surface area contributed by atoms with E-state index in [2.05, 4.69) is 0 Å². The van der Waals surface area contributed by atoms with Crippen LogP contribution < -0.4 is 5.73 Å². The third-order valence-corrected chi connectivity index (χ3v) is 4.45. The average molecular weight is 251 g/mol. The van der Waals surface area contributed by atoms with Crippen LogP contribution >= 0.6 is 0 Å². The molecule has 96 valence electrons. The van der Waals surface area contributed by atoms with E-state index in [0.29, 0.717) is 32.5 Å². The molecule has 1 heterocycles. The van der Waals surface area contributed by atoms with E-state index in [1.54, 1.807) is 6.92 Å².